The summed E-state index contributed by atoms with van der Waals surface area (Å²) in [6, 6.07) is 9.83. The van der Waals surface area contributed by atoms with Crippen LogP contribution in [0.2, 0.25) is 0 Å². The van der Waals surface area contributed by atoms with Crippen LogP contribution in [0.25, 0.3) is 11.3 Å². The molecular weight excluding hydrogens is 492 g/mol. The second-order valence-electron chi connectivity index (χ2n) is 9.84. The summed E-state index contributed by atoms with van der Waals surface area (Å²) in [4.78, 5) is 25.8. The van der Waals surface area contributed by atoms with Gasteiger partial charge in [0.2, 0.25) is 5.76 Å². The number of amides is 1. The summed E-state index contributed by atoms with van der Waals surface area (Å²) >= 11 is 0. The van der Waals surface area contributed by atoms with Crippen molar-refractivity contribution in [1.29, 1.82) is 0 Å². The molecule has 1 aliphatic heterocycles. The van der Waals surface area contributed by atoms with Gasteiger partial charge in [-0.05, 0) is 37.8 Å². The van der Waals surface area contributed by atoms with Crippen LogP contribution in [-0.2, 0) is 0 Å². The van der Waals surface area contributed by atoms with Crippen molar-refractivity contribution in [3.05, 3.63) is 58.3 Å². The van der Waals surface area contributed by atoms with Gasteiger partial charge in [-0.2, -0.15) is 0 Å². The standard InChI is InChI=1S/C27H30N4O7/c32-20-14-23(33)26(24(15-20)37-21-8-6-19(7-9-21)31(35)36)22-16-25(38-29-22)27(34)28-17-10-12-30(13-11-17)18-4-2-1-3-5-18/h6-9,14-18,32-33H,1-5,10-13H2,(H,28,34). The van der Waals surface area contributed by atoms with Crippen molar-refractivity contribution in [2.45, 2.75) is 57.0 Å². The summed E-state index contributed by atoms with van der Waals surface area (Å²) in [6.45, 7) is 1.92. The summed E-state index contributed by atoms with van der Waals surface area (Å²) in [5.74, 6) is -0.726. The molecule has 0 unspecified atom stereocenters. The highest BCUT2D eigenvalue weighted by molar-refractivity contribution is 5.93. The lowest BCUT2D eigenvalue weighted by Gasteiger charge is -2.39. The molecule has 1 aromatic heterocycles. The average Bonchev–Trinajstić information content (AvgIpc) is 3.39. The summed E-state index contributed by atoms with van der Waals surface area (Å²) in [5.41, 5.74) is 0.129. The third-order valence-corrected chi connectivity index (χ3v) is 7.29. The van der Waals surface area contributed by atoms with Crippen molar-refractivity contribution in [3.8, 4) is 34.3 Å². The summed E-state index contributed by atoms with van der Waals surface area (Å²) < 4.78 is 11.1. The molecular formula is C27H30N4O7. The van der Waals surface area contributed by atoms with Gasteiger partial charge in [0.1, 0.15) is 28.7 Å². The van der Waals surface area contributed by atoms with E-state index >= 15 is 0 Å². The zero-order valence-corrected chi connectivity index (χ0v) is 20.8. The van der Waals surface area contributed by atoms with Gasteiger partial charge in [0.15, 0.2) is 0 Å². The van der Waals surface area contributed by atoms with Crippen molar-refractivity contribution in [3.63, 3.8) is 0 Å². The van der Waals surface area contributed by atoms with Crippen molar-refractivity contribution < 1.29 is 29.2 Å². The number of carbonyl (C=O) groups excluding carboxylic acids is 1. The fourth-order valence-electron chi connectivity index (χ4n) is 5.30. The van der Waals surface area contributed by atoms with Crippen LogP contribution in [0.4, 0.5) is 5.69 Å². The molecule has 2 aliphatic rings. The first-order valence-corrected chi connectivity index (χ1v) is 12.9. The van der Waals surface area contributed by atoms with Gasteiger partial charge in [-0.3, -0.25) is 14.9 Å². The fraction of sp³-hybridized carbons (Fsp3) is 0.407. The number of likely N-dealkylation sites (tertiary alicyclic amines) is 1. The summed E-state index contributed by atoms with van der Waals surface area (Å²) in [6.07, 6.45) is 8.19. The maximum atomic E-state index is 12.9. The number of non-ortho nitro benzene ring substituents is 1. The molecule has 11 nitrogen and oxygen atoms in total. The molecule has 2 heterocycles. The molecule has 0 bridgehead atoms. The number of nitrogens with one attached hydrogen (secondary N) is 1. The number of phenolic OH excluding ortho intramolecular Hbond substituents is 2. The SMILES string of the molecule is O=C(NC1CCN(C2CCCCC2)CC1)c1cc(-c2c(O)cc(O)cc2Oc2ccc([N+](=O)[O-])cc2)no1. The van der Waals surface area contributed by atoms with Crippen LogP contribution in [-0.4, -0.2) is 56.3 Å². The molecule has 1 saturated heterocycles. The van der Waals surface area contributed by atoms with Crippen molar-refractivity contribution in [1.82, 2.24) is 15.4 Å². The Bertz CT molecular complexity index is 1290. The minimum atomic E-state index is -0.530. The third kappa shape index (κ3) is 5.72. The molecule has 0 atom stereocenters. The Labute approximate surface area is 219 Å². The van der Waals surface area contributed by atoms with E-state index in [2.05, 4.69) is 15.4 Å². The number of carbonyl (C=O) groups is 1. The van der Waals surface area contributed by atoms with Crippen LogP contribution >= 0.6 is 0 Å². The summed E-state index contributed by atoms with van der Waals surface area (Å²) in [5, 5.41) is 38.4. The van der Waals surface area contributed by atoms with Crippen LogP contribution < -0.4 is 10.1 Å². The summed E-state index contributed by atoms with van der Waals surface area (Å²) in [7, 11) is 0. The maximum absolute atomic E-state index is 12.9. The molecule has 1 aliphatic carbocycles. The lowest BCUT2D eigenvalue weighted by Crippen LogP contribution is -2.48. The Morgan fingerprint density at radius 3 is 2.45 bits per heavy atom. The lowest BCUT2D eigenvalue weighted by atomic mass is 9.92. The molecule has 2 fully saturated rings. The van der Waals surface area contributed by atoms with E-state index in [4.69, 9.17) is 9.26 Å². The molecule has 38 heavy (non-hydrogen) atoms. The zero-order chi connectivity index (χ0) is 26.6. The van der Waals surface area contributed by atoms with E-state index in [0.29, 0.717) is 6.04 Å². The van der Waals surface area contributed by atoms with Gasteiger partial charge in [-0.25, -0.2) is 0 Å². The maximum Gasteiger partial charge on any atom is 0.290 e. The van der Waals surface area contributed by atoms with Crippen molar-refractivity contribution in [2.24, 2.45) is 0 Å². The van der Waals surface area contributed by atoms with Gasteiger partial charge in [-0.15, -0.1) is 0 Å². The molecule has 200 valence electrons. The predicted molar refractivity (Wildman–Crippen MR) is 137 cm³/mol. The van der Waals surface area contributed by atoms with Crippen molar-refractivity contribution in [2.75, 3.05) is 13.1 Å². The molecule has 0 radical (unpaired) electrons. The van der Waals surface area contributed by atoms with Crippen LogP contribution in [0.1, 0.15) is 55.5 Å². The minimum Gasteiger partial charge on any atom is -0.508 e. The first-order chi connectivity index (χ1) is 18.4. The topological polar surface area (TPSA) is 151 Å². The Balaban J connectivity index is 1.27. The fourth-order valence-corrected chi connectivity index (χ4v) is 5.30. The van der Waals surface area contributed by atoms with Gasteiger partial charge >= 0.3 is 0 Å². The van der Waals surface area contributed by atoms with Crippen LogP contribution in [0.3, 0.4) is 0 Å². The van der Waals surface area contributed by atoms with Crippen LogP contribution in [0.15, 0.2) is 47.0 Å². The second kappa shape index (κ2) is 11.1. The second-order valence-corrected chi connectivity index (χ2v) is 9.84. The number of nitro groups is 1. The zero-order valence-electron chi connectivity index (χ0n) is 20.8. The molecule has 5 rings (SSSR count). The Kier molecular flexibility index (Phi) is 7.45. The highest BCUT2D eigenvalue weighted by Crippen LogP contribution is 2.42. The molecule has 3 aromatic rings. The monoisotopic (exact) mass is 522 g/mol. The Morgan fingerprint density at radius 1 is 1.05 bits per heavy atom. The molecule has 11 heteroatoms. The highest BCUT2D eigenvalue weighted by Gasteiger charge is 2.28. The molecule has 2 aromatic carbocycles. The predicted octanol–water partition coefficient (Wildman–Crippen LogP) is 4.98. The number of nitro benzene ring substituents is 1. The Hall–Kier alpha value is -4.12. The van der Waals surface area contributed by atoms with Gasteiger partial charge in [0.25, 0.3) is 11.6 Å². The van der Waals surface area contributed by atoms with E-state index < -0.39 is 10.8 Å². The number of benzene rings is 2. The van der Waals surface area contributed by atoms with E-state index in [1.165, 1.54) is 68.5 Å². The number of aromatic hydroxyl groups is 2. The van der Waals surface area contributed by atoms with E-state index in [1.807, 2.05) is 0 Å². The average molecular weight is 523 g/mol. The van der Waals surface area contributed by atoms with E-state index in [1.54, 1.807) is 0 Å². The first-order valence-electron chi connectivity index (χ1n) is 12.9. The number of hydrogen-bond acceptors (Lipinski definition) is 9. The number of hydrogen-bond donors (Lipinski definition) is 3. The number of ether oxygens (including phenoxy) is 1. The van der Waals surface area contributed by atoms with E-state index in [0.717, 1.165) is 32.0 Å². The molecule has 0 spiro atoms. The third-order valence-electron chi connectivity index (χ3n) is 7.29. The molecule has 1 saturated carbocycles. The minimum absolute atomic E-state index is 0.0107. The normalized spacial score (nSPS) is 17.3. The smallest absolute Gasteiger partial charge is 0.290 e. The highest BCUT2D eigenvalue weighted by atomic mass is 16.6. The van der Waals surface area contributed by atoms with Crippen LogP contribution in [0.5, 0.6) is 23.0 Å². The first kappa shape index (κ1) is 25.5. The van der Waals surface area contributed by atoms with Gasteiger partial charge in [0, 0.05) is 55.5 Å². The lowest BCUT2D eigenvalue weighted by molar-refractivity contribution is -0.384. The number of piperidine rings is 1. The van der Waals surface area contributed by atoms with Crippen molar-refractivity contribution >= 4 is 11.6 Å². The number of rotatable bonds is 7. The van der Waals surface area contributed by atoms with Gasteiger partial charge in [0.05, 0.1) is 10.5 Å². The number of nitrogens with zero attached hydrogens (tertiary/aromatic N) is 3. The molecule has 1 amide bonds. The largest absolute Gasteiger partial charge is 0.508 e. The van der Waals surface area contributed by atoms with Gasteiger partial charge < -0.3 is 29.7 Å². The number of aromatic nitrogens is 1. The van der Waals surface area contributed by atoms with Gasteiger partial charge in [-0.1, -0.05) is 24.4 Å². The molecule has 3 N–H and O–H groups in total. The Morgan fingerprint density at radius 2 is 1.76 bits per heavy atom. The quantitative estimate of drug-likeness (QED) is 0.288. The van der Waals surface area contributed by atoms with Crippen LogP contribution in [0, 0.1) is 10.1 Å². The number of phenols is 2. The van der Waals surface area contributed by atoms with E-state index in [9.17, 15) is 25.1 Å². The van der Waals surface area contributed by atoms with E-state index in [-0.39, 0.29) is 51.7 Å².